The largest absolute Gasteiger partial charge is 0.494 e. The van der Waals surface area contributed by atoms with E-state index in [4.69, 9.17) is 4.74 Å². The van der Waals surface area contributed by atoms with Gasteiger partial charge in [0.25, 0.3) is 0 Å². The quantitative estimate of drug-likeness (QED) is 0.669. The molecule has 2 amide bonds. The number of ether oxygens (including phenoxy) is 1. The third-order valence-electron chi connectivity index (χ3n) is 4.09. The summed E-state index contributed by atoms with van der Waals surface area (Å²) in [6.45, 7) is 13.4. The van der Waals surface area contributed by atoms with Crippen LogP contribution in [0.15, 0.2) is 18.2 Å². The summed E-state index contributed by atoms with van der Waals surface area (Å²) in [5.41, 5.74) is 1.94. The minimum absolute atomic E-state index is 0.317. The van der Waals surface area contributed by atoms with Crippen LogP contribution in [0.25, 0.3) is 0 Å². The van der Waals surface area contributed by atoms with Crippen molar-refractivity contribution in [3.63, 3.8) is 0 Å². The highest BCUT2D eigenvalue weighted by molar-refractivity contribution is 6.35. The topological polar surface area (TPSA) is 70.7 Å². The molecule has 1 atom stereocenters. The van der Waals surface area contributed by atoms with E-state index in [1.807, 2.05) is 39.0 Å². The molecule has 0 aliphatic rings. The number of benzene rings is 1. The lowest BCUT2D eigenvalue weighted by Crippen LogP contribution is -2.43. The first-order valence-corrected chi connectivity index (χ1v) is 8.97. The van der Waals surface area contributed by atoms with Gasteiger partial charge in [0.05, 0.1) is 12.6 Å². The molecule has 0 heterocycles. The molecule has 0 radical (unpaired) electrons. The molecule has 1 aromatic carbocycles. The first kappa shape index (κ1) is 21.0. The van der Waals surface area contributed by atoms with Crippen LogP contribution in [0.4, 0.5) is 0 Å². The van der Waals surface area contributed by atoms with Gasteiger partial charge in [0.2, 0.25) is 0 Å². The number of amides is 2. The lowest BCUT2D eigenvalue weighted by atomic mass is 10.0. The molecule has 0 bridgehead atoms. The van der Waals surface area contributed by atoms with E-state index >= 15 is 0 Å². The fraction of sp³-hybridized carbons (Fsp3) is 0.579. The Balaban J connectivity index is 2.61. The molecule has 0 aromatic heterocycles. The third kappa shape index (κ3) is 6.74. The van der Waals surface area contributed by atoms with Crippen molar-refractivity contribution >= 4 is 11.8 Å². The minimum Gasteiger partial charge on any atom is -0.494 e. The maximum absolute atomic E-state index is 12.1. The smallest absolute Gasteiger partial charge is 0.309 e. The number of nitrogens with zero attached hydrogens (tertiary/aromatic N) is 1. The number of nitrogens with one attached hydrogen (secondary N) is 2. The van der Waals surface area contributed by atoms with E-state index in [-0.39, 0.29) is 6.04 Å². The average Bonchev–Trinajstić information content (AvgIpc) is 2.60. The van der Waals surface area contributed by atoms with E-state index in [9.17, 15) is 9.59 Å². The fourth-order valence-electron chi connectivity index (χ4n) is 2.58. The number of hydrogen-bond acceptors (Lipinski definition) is 4. The van der Waals surface area contributed by atoms with Crippen molar-refractivity contribution < 1.29 is 14.3 Å². The van der Waals surface area contributed by atoms with Gasteiger partial charge in [0.1, 0.15) is 5.75 Å². The van der Waals surface area contributed by atoms with E-state index in [1.165, 1.54) is 0 Å². The highest BCUT2D eigenvalue weighted by Gasteiger charge is 2.19. The van der Waals surface area contributed by atoms with Gasteiger partial charge in [0, 0.05) is 18.7 Å². The summed E-state index contributed by atoms with van der Waals surface area (Å²) in [6.07, 6.45) is 0. The summed E-state index contributed by atoms with van der Waals surface area (Å²) < 4.78 is 5.61. The highest BCUT2D eigenvalue weighted by Crippen LogP contribution is 2.26. The predicted octanol–water partition coefficient (Wildman–Crippen LogP) is 2.03. The molecule has 0 aliphatic heterocycles. The zero-order valence-electron chi connectivity index (χ0n) is 16.0. The van der Waals surface area contributed by atoms with Crippen molar-refractivity contribution in [2.24, 2.45) is 0 Å². The van der Waals surface area contributed by atoms with E-state index in [1.54, 1.807) is 0 Å². The van der Waals surface area contributed by atoms with Gasteiger partial charge in [-0.2, -0.15) is 0 Å². The van der Waals surface area contributed by atoms with Crippen LogP contribution >= 0.6 is 0 Å². The van der Waals surface area contributed by atoms with Gasteiger partial charge in [-0.3, -0.25) is 9.59 Å². The van der Waals surface area contributed by atoms with Crippen molar-refractivity contribution in [2.75, 3.05) is 32.8 Å². The Hall–Kier alpha value is -2.08. The average molecular weight is 349 g/mol. The summed E-state index contributed by atoms with van der Waals surface area (Å²) in [5.74, 6) is -0.511. The number of aryl methyl sites for hydroxylation is 1. The number of carbonyl (C=O) groups excluding carboxylic acids is 2. The number of likely N-dealkylation sites (N-methyl/N-ethyl adjacent to an activating group) is 1. The standard InChI is InChI=1S/C19H31N3O3/c1-6-22(7-2)12-11-20-18(23)19(24)21-15(5)16-13-14(4)9-10-17(16)25-8-3/h9-10,13,15H,6-8,11-12H2,1-5H3,(H,20,23)(H,21,24). The van der Waals surface area contributed by atoms with Crippen molar-refractivity contribution in [1.82, 2.24) is 15.5 Å². The van der Waals surface area contributed by atoms with E-state index < -0.39 is 11.8 Å². The molecule has 0 spiro atoms. The van der Waals surface area contributed by atoms with Crippen LogP contribution in [0.3, 0.4) is 0 Å². The van der Waals surface area contributed by atoms with Gasteiger partial charge >= 0.3 is 11.8 Å². The zero-order valence-corrected chi connectivity index (χ0v) is 16.0. The molecule has 0 aliphatic carbocycles. The number of rotatable bonds is 9. The van der Waals surface area contributed by atoms with Crippen LogP contribution in [0.2, 0.25) is 0 Å². The van der Waals surface area contributed by atoms with Crippen molar-refractivity contribution in [2.45, 2.75) is 40.7 Å². The second kappa shape index (κ2) is 10.7. The van der Waals surface area contributed by atoms with Crippen LogP contribution in [-0.4, -0.2) is 49.5 Å². The lowest BCUT2D eigenvalue weighted by molar-refractivity contribution is -0.139. The van der Waals surface area contributed by atoms with Crippen LogP contribution in [0, 0.1) is 6.92 Å². The molecule has 1 aromatic rings. The van der Waals surface area contributed by atoms with Gasteiger partial charge in [-0.1, -0.05) is 31.5 Å². The lowest BCUT2D eigenvalue weighted by Gasteiger charge is -2.19. The maximum atomic E-state index is 12.1. The molecule has 25 heavy (non-hydrogen) atoms. The molecular formula is C19H31N3O3. The number of carbonyl (C=O) groups is 2. The molecular weight excluding hydrogens is 318 g/mol. The Morgan fingerprint density at radius 2 is 1.84 bits per heavy atom. The Labute approximate surface area is 150 Å². The van der Waals surface area contributed by atoms with Crippen molar-refractivity contribution in [1.29, 1.82) is 0 Å². The zero-order chi connectivity index (χ0) is 18.8. The first-order chi connectivity index (χ1) is 11.9. The molecule has 0 fully saturated rings. The van der Waals surface area contributed by atoms with Crippen molar-refractivity contribution in [3.05, 3.63) is 29.3 Å². The van der Waals surface area contributed by atoms with Crippen LogP contribution in [-0.2, 0) is 9.59 Å². The van der Waals surface area contributed by atoms with Crippen LogP contribution < -0.4 is 15.4 Å². The molecule has 6 nitrogen and oxygen atoms in total. The molecule has 0 saturated heterocycles. The van der Waals surface area contributed by atoms with Gasteiger partial charge in [-0.05, 0) is 39.9 Å². The molecule has 140 valence electrons. The van der Waals surface area contributed by atoms with E-state index in [0.29, 0.717) is 13.2 Å². The summed E-state index contributed by atoms with van der Waals surface area (Å²) in [7, 11) is 0. The normalized spacial score (nSPS) is 11.9. The van der Waals surface area contributed by atoms with Gasteiger partial charge < -0.3 is 20.3 Å². The predicted molar refractivity (Wildman–Crippen MR) is 99.7 cm³/mol. The Kier molecular flexibility index (Phi) is 8.99. The Morgan fingerprint density at radius 3 is 2.44 bits per heavy atom. The minimum atomic E-state index is -0.629. The van der Waals surface area contributed by atoms with E-state index in [0.717, 1.165) is 36.5 Å². The summed E-state index contributed by atoms with van der Waals surface area (Å²) in [5, 5.41) is 5.41. The second-order valence-electron chi connectivity index (χ2n) is 5.95. The van der Waals surface area contributed by atoms with Gasteiger partial charge in [-0.25, -0.2) is 0 Å². The molecule has 0 saturated carbocycles. The fourth-order valence-corrected chi connectivity index (χ4v) is 2.58. The van der Waals surface area contributed by atoms with Crippen LogP contribution in [0.5, 0.6) is 5.75 Å². The Bertz CT molecular complexity index is 571. The molecule has 6 heteroatoms. The highest BCUT2D eigenvalue weighted by atomic mass is 16.5. The molecule has 1 unspecified atom stereocenters. The summed E-state index contributed by atoms with van der Waals surface area (Å²) >= 11 is 0. The SMILES string of the molecule is CCOc1ccc(C)cc1C(C)NC(=O)C(=O)NCCN(CC)CC. The van der Waals surface area contributed by atoms with Crippen LogP contribution in [0.1, 0.15) is 44.9 Å². The molecule has 1 rings (SSSR count). The van der Waals surface area contributed by atoms with Crippen molar-refractivity contribution in [3.8, 4) is 5.75 Å². The van der Waals surface area contributed by atoms with E-state index in [2.05, 4.69) is 29.4 Å². The van der Waals surface area contributed by atoms with Gasteiger partial charge in [0.15, 0.2) is 0 Å². The van der Waals surface area contributed by atoms with Gasteiger partial charge in [-0.15, -0.1) is 0 Å². The maximum Gasteiger partial charge on any atom is 0.309 e. The summed E-state index contributed by atoms with van der Waals surface area (Å²) in [6, 6.07) is 5.50. The summed E-state index contributed by atoms with van der Waals surface area (Å²) in [4.78, 5) is 26.3. The second-order valence-corrected chi connectivity index (χ2v) is 5.95. The monoisotopic (exact) mass is 349 g/mol. The Morgan fingerprint density at radius 1 is 1.16 bits per heavy atom. The number of hydrogen-bond donors (Lipinski definition) is 2. The first-order valence-electron chi connectivity index (χ1n) is 8.97. The molecule has 2 N–H and O–H groups in total. The third-order valence-corrected chi connectivity index (χ3v) is 4.09.